The Hall–Kier alpha value is -3.77. The summed E-state index contributed by atoms with van der Waals surface area (Å²) in [5.41, 5.74) is 3.90. The Balaban J connectivity index is 0.616. The molecule has 10 aliphatic rings. The lowest BCUT2D eigenvalue weighted by molar-refractivity contribution is -0.178. The highest BCUT2D eigenvalue weighted by Crippen LogP contribution is 2.73. The van der Waals surface area contributed by atoms with E-state index >= 15 is 0 Å². The summed E-state index contributed by atoms with van der Waals surface area (Å²) in [5, 5.41) is 0. The number of hydrogen-bond acceptors (Lipinski definition) is 12. The molecular formula is C76H114O12. The Morgan fingerprint density at radius 3 is 1.28 bits per heavy atom. The molecule has 0 aliphatic heterocycles. The van der Waals surface area contributed by atoms with E-state index in [1.807, 2.05) is 14.2 Å². The average molecular weight is 1220 g/mol. The van der Waals surface area contributed by atoms with Gasteiger partial charge in [-0.2, -0.15) is 0 Å². The summed E-state index contributed by atoms with van der Waals surface area (Å²) in [7, 11) is 3.81. The zero-order valence-corrected chi connectivity index (χ0v) is 57.3. The zero-order valence-electron chi connectivity index (χ0n) is 57.3. The number of rotatable bonds is 13. The fourth-order valence-corrected chi connectivity index (χ4v) is 24.9. The summed E-state index contributed by atoms with van der Waals surface area (Å²) >= 11 is 0. The summed E-state index contributed by atoms with van der Waals surface area (Å²) in [4.78, 5) is 66.2. The van der Waals surface area contributed by atoms with Crippen molar-refractivity contribution in [1.82, 2.24) is 0 Å². The quantitative estimate of drug-likeness (QED) is 0.105. The maximum Gasteiger partial charge on any atom is 0.312 e. The van der Waals surface area contributed by atoms with Crippen molar-refractivity contribution < 1.29 is 52.0 Å². The van der Waals surface area contributed by atoms with Crippen molar-refractivity contribution in [1.29, 1.82) is 0 Å². The van der Waals surface area contributed by atoms with Gasteiger partial charge in [0.1, 0.15) is 30.8 Å². The molecule has 8 fully saturated rings. The van der Waals surface area contributed by atoms with Crippen molar-refractivity contribution >= 4 is 23.9 Å². The van der Waals surface area contributed by atoms with E-state index in [0.717, 1.165) is 63.7 Å². The van der Waals surface area contributed by atoms with Crippen molar-refractivity contribution in [2.24, 2.45) is 101 Å². The van der Waals surface area contributed by atoms with Crippen LogP contribution < -0.4 is 10.2 Å². The Kier molecular flexibility index (Phi) is 17.4. The molecule has 0 saturated heterocycles. The van der Waals surface area contributed by atoms with Crippen LogP contribution in [0.3, 0.4) is 0 Å². The van der Waals surface area contributed by atoms with E-state index in [9.17, 15) is 24.0 Å². The Morgan fingerprint density at radius 2 is 0.852 bits per heavy atom. The largest absolute Gasteiger partial charge is 0.462 e. The molecule has 1 aromatic rings. The molecule has 0 amide bonds. The fourth-order valence-electron chi connectivity index (χ4n) is 24.9. The third-order valence-electron chi connectivity index (χ3n) is 29.2. The van der Waals surface area contributed by atoms with E-state index in [-0.39, 0.29) is 93.9 Å². The minimum absolute atomic E-state index is 0.0540. The van der Waals surface area contributed by atoms with Gasteiger partial charge in [0.25, 0.3) is 0 Å². The predicted molar refractivity (Wildman–Crippen MR) is 340 cm³/mol. The Labute approximate surface area is 528 Å². The lowest BCUT2D eigenvalue weighted by atomic mass is 9.42. The van der Waals surface area contributed by atoms with Gasteiger partial charge in [0.15, 0.2) is 0 Å². The lowest BCUT2D eigenvalue weighted by Crippen LogP contribution is -2.58. The van der Waals surface area contributed by atoms with Crippen LogP contribution >= 0.6 is 0 Å². The number of carbonyl (C=O) groups excluding carboxylic acids is 4. The standard InChI is InChI=1S/C76H114O12/c1-67(2)55-29-35-71(9)42-46-17-21-53-69(5,6)61(33-37-73(53,11)49(46)19-23-57(71)75(55,13)39-31-59(67)82-15)87-65(80)26-25-63(78)85-44-48-41-51(77)52(45-84-48)86-64(79)27-28-66(81)88-62-34-38-74(12)50-20-24-58-72(10,43-47(50)18-22-54(74)70(62,7)8)36-30-56-68(3,4)60(83-16)32-40-76(56,58)14/h17-18,41,45,49-50,53-62H,19-40,42-44H2,1-16H3/t49-,50?,53-,54?,55?,56-,57?,58?,59+,60+,61+,62?,71-,72-,73+,74+,75-,76-/m0/s1. The zero-order chi connectivity index (χ0) is 63.6. The Morgan fingerprint density at radius 1 is 0.455 bits per heavy atom. The van der Waals surface area contributed by atoms with Gasteiger partial charge in [0.2, 0.25) is 11.2 Å². The molecular weight excluding hydrogens is 1100 g/mol. The van der Waals surface area contributed by atoms with E-state index in [1.54, 1.807) is 11.1 Å². The molecule has 12 heteroatoms. The van der Waals surface area contributed by atoms with Gasteiger partial charge in [-0.15, -0.1) is 0 Å². The number of ether oxygens (including phenoxy) is 6. The molecule has 1 heterocycles. The third-order valence-corrected chi connectivity index (χ3v) is 29.2. The van der Waals surface area contributed by atoms with Crippen LogP contribution in [0.1, 0.15) is 257 Å². The van der Waals surface area contributed by atoms with Crippen molar-refractivity contribution in [3.63, 3.8) is 0 Å². The SMILES string of the molecule is CO[C@@H]1CC[C@@]2(C)C(CC[C@@]3(C)CC4=CC[C@H]5C(C)(C)[C@H](OC(=O)CCC(=O)OCc6cc(=O)c(OC(=O)CCC(=O)OC7CC[C@]8(C)C9CCC%10[C@@](C)(CC[C@H]%11C(C)(C)[C@H](OC)CC[C@]%10%11C)CC9=CCC8C7(C)C)co6)CC[C@]5(C)[C@H]4CCC32)C1(C)C. The first-order valence-electron chi connectivity index (χ1n) is 35.0. The molecule has 88 heavy (non-hydrogen) atoms. The van der Waals surface area contributed by atoms with Crippen LogP contribution in [0.4, 0.5) is 0 Å². The average Bonchev–Trinajstić information content (AvgIpc) is 1.56. The highest BCUT2D eigenvalue weighted by Gasteiger charge is 2.66. The van der Waals surface area contributed by atoms with E-state index in [1.165, 1.54) is 77.0 Å². The maximum absolute atomic E-state index is 13.5. The molecule has 18 atom stereocenters. The minimum Gasteiger partial charge on any atom is -0.462 e. The Bertz CT molecular complexity index is 2960. The number of esters is 4. The van der Waals surface area contributed by atoms with Gasteiger partial charge in [-0.25, -0.2) is 0 Å². The minimum atomic E-state index is -0.756. The highest BCUT2D eigenvalue weighted by atomic mass is 16.6. The van der Waals surface area contributed by atoms with Gasteiger partial charge in [-0.05, 0) is 219 Å². The lowest BCUT2D eigenvalue weighted by Gasteiger charge is -2.64. The second kappa shape index (κ2) is 23.4. The smallest absolute Gasteiger partial charge is 0.312 e. The molecule has 12 nitrogen and oxygen atoms in total. The van der Waals surface area contributed by atoms with Gasteiger partial charge >= 0.3 is 23.9 Å². The van der Waals surface area contributed by atoms with Crippen molar-refractivity contribution in [3.05, 3.63) is 51.6 Å². The number of hydrogen-bond donors (Lipinski definition) is 0. The first-order valence-corrected chi connectivity index (χ1v) is 35.0. The second-order valence-corrected chi connectivity index (χ2v) is 34.9. The van der Waals surface area contributed by atoms with E-state index < -0.39 is 29.3 Å². The van der Waals surface area contributed by atoms with Gasteiger partial charge in [0.05, 0.1) is 37.9 Å². The van der Waals surface area contributed by atoms with E-state index in [0.29, 0.717) is 75.8 Å². The van der Waals surface area contributed by atoms with Gasteiger partial charge in [-0.3, -0.25) is 24.0 Å². The predicted octanol–water partition coefficient (Wildman–Crippen LogP) is 16.9. The first kappa shape index (κ1) is 65.7. The molecule has 0 radical (unpaired) electrons. The summed E-state index contributed by atoms with van der Waals surface area (Å²) in [6.45, 7) is 34.2. The van der Waals surface area contributed by atoms with Crippen LogP contribution in [0, 0.1) is 101 Å². The number of carbonyl (C=O) groups is 4. The van der Waals surface area contributed by atoms with E-state index in [4.69, 9.17) is 32.8 Å². The molecule has 11 rings (SSSR count). The van der Waals surface area contributed by atoms with E-state index in [2.05, 4.69) is 109 Å². The molecule has 0 spiro atoms. The summed E-state index contributed by atoms with van der Waals surface area (Å²) in [6, 6.07) is 1.11. The topological polar surface area (TPSA) is 154 Å². The summed E-state index contributed by atoms with van der Waals surface area (Å²) in [6.07, 6.45) is 28.3. The molecule has 490 valence electrons. The summed E-state index contributed by atoms with van der Waals surface area (Å²) < 4.78 is 41.1. The van der Waals surface area contributed by atoms with Crippen molar-refractivity contribution in [2.75, 3.05) is 14.2 Å². The second-order valence-electron chi connectivity index (χ2n) is 34.9. The fraction of sp³-hybridized carbons (Fsp3) is 0.829. The van der Waals surface area contributed by atoms with Crippen LogP contribution in [0.2, 0.25) is 0 Å². The van der Waals surface area contributed by atoms with Gasteiger partial charge < -0.3 is 32.8 Å². The van der Waals surface area contributed by atoms with Crippen LogP contribution in [-0.4, -0.2) is 62.5 Å². The molecule has 0 aromatic carbocycles. The molecule has 6 unspecified atom stereocenters. The number of methoxy groups -OCH3 is 2. The van der Waals surface area contributed by atoms with Gasteiger partial charge in [-0.1, -0.05) is 120 Å². The van der Waals surface area contributed by atoms with Crippen molar-refractivity contribution in [3.8, 4) is 5.75 Å². The van der Waals surface area contributed by atoms with Crippen molar-refractivity contribution in [2.45, 2.75) is 282 Å². The number of allylic oxidation sites excluding steroid dienone is 4. The van der Waals surface area contributed by atoms with Crippen LogP contribution in [0.25, 0.3) is 0 Å². The monoisotopic (exact) mass is 1220 g/mol. The maximum atomic E-state index is 13.5. The first-order chi connectivity index (χ1) is 41.2. The molecule has 10 aliphatic carbocycles. The van der Waals surface area contributed by atoms with Gasteiger partial charge in [0, 0.05) is 31.1 Å². The molecule has 1 aromatic heterocycles. The van der Waals surface area contributed by atoms with Crippen LogP contribution in [-0.2, 0) is 49.5 Å². The van der Waals surface area contributed by atoms with Crippen LogP contribution in [0.15, 0.2) is 44.8 Å². The van der Waals surface area contributed by atoms with Crippen LogP contribution in [0.5, 0.6) is 5.75 Å². The summed E-state index contributed by atoms with van der Waals surface area (Å²) in [5.74, 6) is 1.87. The molecule has 8 saturated carbocycles. The third kappa shape index (κ3) is 11.0. The molecule has 0 bridgehead atoms. The molecule has 0 N–H and O–H groups in total. The number of fused-ring (bicyclic) bond motifs is 12. The normalized spacial score (nSPS) is 42.5. The highest BCUT2D eigenvalue weighted by molar-refractivity contribution is 5.79.